The van der Waals surface area contributed by atoms with Crippen molar-refractivity contribution in [1.82, 2.24) is 0 Å². The standard InChI is InChI=1S/C13H11BrN2O5S/c14-11-4-2-1-3-9(11)8-21-13-6-5-10(22(15,19)20)7-12(13)16(17)18/h1-7H,8H2,(H2,15,19,20). The Bertz CT molecular complexity index is 823. The minimum atomic E-state index is -4.02. The number of rotatable bonds is 5. The third-order valence-electron chi connectivity index (χ3n) is 2.80. The highest BCUT2D eigenvalue weighted by Gasteiger charge is 2.20. The van der Waals surface area contributed by atoms with Gasteiger partial charge >= 0.3 is 5.69 Å². The molecule has 0 aromatic heterocycles. The van der Waals surface area contributed by atoms with Crippen molar-refractivity contribution in [3.05, 3.63) is 62.6 Å². The van der Waals surface area contributed by atoms with Gasteiger partial charge in [-0.25, -0.2) is 13.6 Å². The van der Waals surface area contributed by atoms with Crippen molar-refractivity contribution < 1.29 is 18.1 Å². The van der Waals surface area contributed by atoms with E-state index in [4.69, 9.17) is 9.88 Å². The van der Waals surface area contributed by atoms with E-state index in [0.717, 1.165) is 22.2 Å². The number of ether oxygens (including phenoxy) is 1. The number of hydrogen-bond donors (Lipinski definition) is 1. The minimum absolute atomic E-state index is 0.0341. The van der Waals surface area contributed by atoms with Gasteiger partial charge in [0.15, 0.2) is 5.75 Å². The average molecular weight is 387 g/mol. The summed E-state index contributed by atoms with van der Waals surface area (Å²) in [4.78, 5) is 10.0. The largest absolute Gasteiger partial charge is 0.482 e. The summed E-state index contributed by atoms with van der Waals surface area (Å²) in [6.07, 6.45) is 0. The summed E-state index contributed by atoms with van der Waals surface area (Å²) in [5.74, 6) is -0.0341. The molecule has 2 rings (SSSR count). The highest BCUT2D eigenvalue weighted by molar-refractivity contribution is 9.10. The normalized spacial score (nSPS) is 11.2. The van der Waals surface area contributed by atoms with E-state index >= 15 is 0 Å². The van der Waals surface area contributed by atoms with Gasteiger partial charge in [-0.15, -0.1) is 0 Å². The molecular formula is C13H11BrN2O5S. The fourth-order valence-electron chi connectivity index (χ4n) is 1.71. The van der Waals surface area contributed by atoms with Gasteiger partial charge in [-0.2, -0.15) is 0 Å². The Morgan fingerprint density at radius 3 is 2.50 bits per heavy atom. The number of halogens is 1. The van der Waals surface area contributed by atoms with Gasteiger partial charge in [-0.05, 0) is 18.2 Å². The molecule has 22 heavy (non-hydrogen) atoms. The molecule has 116 valence electrons. The predicted molar refractivity (Wildman–Crippen MR) is 82.9 cm³/mol. The average Bonchev–Trinajstić information content (AvgIpc) is 2.45. The second-order valence-electron chi connectivity index (χ2n) is 4.31. The first kappa shape index (κ1) is 16.4. The molecule has 7 nitrogen and oxygen atoms in total. The Hall–Kier alpha value is -1.97. The van der Waals surface area contributed by atoms with Crippen LogP contribution in [-0.4, -0.2) is 13.3 Å². The van der Waals surface area contributed by atoms with Crippen molar-refractivity contribution in [3.8, 4) is 5.75 Å². The number of nitro benzene ring substituents is 1. The molecular weight excluding hydrogens is 376 g/mol. The molecule has 0 unspecified atom stereocenters. The molecule has 0 bridgehead atoms. The number of nitro groups is 1. The smallest absolute Gasteiger partial charge is 0.312 e. The van der Waals surface area contributed by atoms with Crippen LogP contribution in [0.3, 0.4) is 0 Å². The first-order valence-corrected chi connectivity index (χ1v) is 8.30. The number of nitrogens with zero attached hydrogens (tertiary/aromatic N) is 1. The number of sulfonamides is 1. The lowest BCUT2D eigenvalue weighted by Gasteiger charge is -2.09. The summed E-state index contributed by atoms with van der Waals surface area (Å²) in [5, 5.41) is 16.0. The van der Waals surface area contributed by atoms with Crippen LogP contribution in [0.1, 0.15) is 5.56 Å². The van der Waals surface area contributed by atoms with Crippen LogP contribution in [0.5, 0.6) is 5.75 Å². The number of benzene rings is 2. The molecule has 0 radical (unpaired) electrons. The quantitative estimate of drug-likeness (QED) is 0.626. The molecule has 2 aromatic carbocycles. The number of nitrogens with two attached hydrogens (primary N) is 1. The molecule has 2 N–H and O–H groups in total. The number of hydrogen-bond acceptors (Lipinski definition) is 5. The molecule has 0 fully saturated rings. The lowest BCUT2D eigenvalue weighted by Crippen LogP contribution is -2.12. The summed E-state index contributed by atoms with van der Waals surface area (Å²) in [5.41, 5.74) is 0.339. The topological polar surface area (TPSA) is 113 Å². The molecule has 0 atom stereocenters. The maximum Gasteiger partial charge on any atom is 0.312 e. The van der Waals surface area contributed by atoms with Crippen LogP contribution in [0.2, 0.25) is 0 Å². The molecule has 0 aliphatic heterocycles. The molecule has 0 amide bonds. The van der Waals surface area contributed by atoms with Gasteiger partial charge in [0.2, 0.25) is 10.0 Å². The van der Waals surface area contributed by atoms with Gasteiger partial charge in [0.25, 0.3) is 0 Å². The van der Waals surface area contributed by atoms with Gasteiger partial charge in [-0.3, -0.25) is 10.1 Å². The van der Waals surface area contributed by atoms with E-state index in [1.54, 1.807) is 6.07 Å². The molecule has 2 aromatic rings. The van der Waals surface area contributed by atoms with Crippen LogP contribution in [0.15, 0.2) is 51.8 Å². The van der Waals surface area contributed by atoms with Gasteiger partial charge in [0, 0.05) is 16.1 Å². The fraction of sp³-hybridized carbons (Fsp3) is 0.0769. The van der Waals surface area contributed by atoms with E-state index < -0.39 is 20.6 Å². The fourth-order valence-corrected chi connectivity index (χ4v) is 2.64. The molecule has 0 saturated heterocycles. The monoisotopic (exact) mass is 386 g/mol. The second kappa shape index (κ2) is 6.42. The predicted octanol–water partition coefficient (Wildman–Crippen LogP) is 2.58. The van der Waals surface area contributed by atoms with Crippen molar-refractivity contribution in [2.45, 2.75) is 11.5 Å². The Morgan fingerprint density at radius 2 is 1.91 bits per heavy atom. The lowest BCUT2D eigenvalue weighted by molar-refractivity contribution is -0.386. The SMILES string of the molecule is NS(=O)(=O)c1ccc(OCc2ccccc2Br)c([N+](=O)[O-])c1. The highest BCUT2D eigenvalue weighted by Crippen LogP contribution is 2.30. The molecule has 0 saturated carbocycles. The Kier molecular flexibility index (Phi) is 4.79. The van der Waals surface area contributed by atoms with Gasteiger partial charge in [0.05, 0.1) is 9.82 Å². The zero-order valence-electron chi connectivity index (χ0n) is 11.1. The van der Waals surface area contributed by atoms with E-state index in [1.807, 2.05) is 18.2 Å². The molecule has 0 spiro atoms. The van der Waals surface area contributed by atoms with Crippen LogP contribution in [0, 0.1) is 10.1 Å². The summed E-state index contributed by atoms with van der Waals surface area (Å²) >= 11 is 3.35. The van der Waals surface area contributed by atoms with E-state index in [-0.39, 0.29) is 17.3 Å². The molecule has 0 heterocycles. The lowest BCUT2D eigenvalue weighted by atomic mass is 10.2. The second-order valence-corrected chi connectivity index (χ2v) is 6.73. The van der Waals surface area contributed by atoms with Gasteiger partial charge in [0.1, 0.15) is 6.61 Å². The first-order chi connectivity index (χ1) is 10.3. The Labute approximate surface area is 135 Å². The third kappa shape index (κ3) is 3.81. The minimum Gasteiger partial charge on any atom is -0.482 e. The van der Waals surface area contributed by atoms with Crippen LogP contribution >= 0.6 is 15.9 Å². The van der Waals surface area contributed by atoms with E-state index in [9.17, 15) is 18.5 Å². The Morgan fingerprint density at radius 1 is 1.23 bits per heavy atom. The zero-order chi connectivity index (χ0) is 16.3. The van der Waals surface area contributed by atoms with Crippen molar-refractivity contribution >= 4 is 31.6 Å². The molecule has 0 aliphatic rings. The van der Waals surface area contributed by atoms with Gasteiger partial charge < -0.3 is 4.74 Å². The Balaban J connectivity index is 2.31. The van der Waals surface area contributed by atoms with Crippen molar-refractivity contribution in [1.29, 1.82) is 0 Å². The van der Waals surface area contributed by atoms with Crippen LogP contribution in [-0.2, 0) is 16.6 Å². The summed E-state index contributed by atoms with van der Waals surface area (Å²) < 4.78 is 28.7. The van der Waals surface area contributed by atoms with Crippen molar-refractivity contribution in [2.24, 2.45) is 5.14 Å². The maximum atomic E-state index is 11.3. The van der Waals surface area contributed by atoms with Crippen molar-refractivity contribution in [3.63, 3.8) is 0 Å². The van der Waals surface area contributed by atoms with E-state index in [2.05, 4.69) is 15.9 Å². The number of primary sulfonamides is 1. The maximum absolute atomic E-state index is 11.3. The van der Waals surface area contributed by atoms with Crippen LogP contribution in [0.4, 0.5) is 5.69 Å². The van der Waals surface area contributed by atoms with E-state index in [1.165, 1.54) is 6.07 Å². The molecule has 0 aliphatic carbocycles. The first-order valence-electron chi connectivity index (χ1n) is 5.96. The van der Waals surface area contributed by atoms with E-state index in [0.29, 0.717) is 0 Å². The summed E-state index contributed by atoms with van der Waals surface area (Å²) in [6, 6.07) is 10.5. The van der Waals surface area contributed by atoms with Crippen LogP contribution in [0.25, 0.3) is 0 Å². The molecule has 9 heteroatoms. The summed E-state index contributed by atoms with van der Waals surface area (Å²) in [7, 11) is -4.02. The highest BCUT2D eigenvalue weighted by atomic mass is 79.9. The third-order valence-corrected chi connectivity index (χ3v) is 4.48. The van der Waals surface area contributed by atoms with Gasteiger partial charge in [-0.1, -0.05) is 34.1 Å². The summed E-state index contributed by atoms with van der Waals surface area (Å²) in [6.45, 7) is 0.0942. The van der Waals surface area contributed by atoms with Crippen LogP contribution < -0.4 is 9.88 Å². The van der Waals surface area contributed by atoms with Crippen molar-refractivity contribution in [2.75, 3.05) is 0 Å². The zero-order valence-corrected chi connectivity index (χ0v) is 13.5.